The maximum absolute atomic E-state index is 14.9. The van der Waals surface area contributed by atoms with E-state index in [0.717, 1.165) is 15.2 Å². The number of halogens is 4. The van der Waals surface area contributed by atoms with E-state index >= 15 is 0 Å². The summed E-state index contributed by atoms with van der Waals surface area (Å²) in [4.78, 5) is 34.1. The smallest absolute Gasteiger partial charge is 0.323 e. The van der Waals surface area contributed by atoms with E-state index in [1.807, 2.05) is 0 Å². The molecule has 0 atom stereocenters. The van der Waals surface area contributed by atoms with Gasteiger partial charge in [0.25, 0.3) is 0 Å². The molecule has 2 aromatic carbocycles. The quantitative estimate of drug-likeness (QED) is 0.334. The van der Waals surface area contributed by atoms with Crippen LogP contribution in [0.1, 0.15) is 11.4 Å². The van der Waals surface area contributed by atoms with E-state index in [1.54, 1.807) is 20.3 Å². The van der Waals surface area contributed by atoms with Crippen molar-refractivity contribution < 1.29 is 13.2 Å². The second kappa shape index (κ2) is 9.20. The summed E-state index contributed by atoms with van der Waals surface area (Å²) in [7, 11) is 3.28. The third-order valence-electron chi connectivity index (χ3n) is 5.47. The van der Waals surface area contributed by atoms with Gasteiger partial charge in [-0.2, -0.15) is 15.2 Å². The Labute approximate surface area is 210 Å². The van der Waals surface area contributed by atoms with Gasteiger partial charge in [0, 0.05) is 43.4 Å². The summed E-state index contributed by atoms with van der Waals surface area (Å²) < 4.78 is 47.6. The highest BCUT2D eigenvalue weighted by molar-refractivity contribution is 6.30. The van der Waals surface area contributed by atoms with Crippen molar-refractivity contribution in [1.82, 2.24) is 38.7 Å². The van der Waals surface area contributed by atoms with Crippen molar-refractivity contribution in [2.75, 3.05) is 5.32 Å². The van der Waals surface area contributed by atoms with Gasteiger partial charge in [-0.1, -0.05) is 11.6 Å². The lowest BCUT2D eigenvalue weighted by atomic mass is 10.2. The van der Waals surface area contributed by atoms with Crippen molar-refractivity contribution in [2.24, 2.45) is 14.1 Å². The van der Waals surface area contributed by atoms with Crippen molar-refractivity contribution in [2.45, 2.75) is 13.1 Å². The Balaban J connectivity index is 1.64. The van der Waals surface area contributed by atoms with Crippen LogP contribution in [-0.2, 0) is 27.2 Å². The van der Waals surface area contributed by atoms with Crippen molar-refractivity contribution in [1.29, 1.82) is 0 Å². The minimum absolute atomic E-state index is 0.109. The highest BCUT2D eigenvalue weighted by Gasteiger charge is 2.19. The number of fused-ring (bicyclic) bond motifs is 1. The summed E-state index contributed by atoms with van der Waals surface area (Å²) >= 11 is 5.81. The van der Waals surface area contributed by atoms with E-state index in [1.165, 1.54) is 27.8 Å². The van der Waals surface area contributed by atoms with Gasteiger partial charge >= 0.3 is 11.4 Å². The van der Waals surface area contributed by atoms with Crippen LogP contribution in [0.5, 0.6) is 0 Å². The van der Waals surface area contributed by atoms with Crippen molar-refractivity contribution in [3.05, 3.63) is 91.6 Å². The summed E-state index contributed by atoms with van der Waals surface area (Å²) in [5.41, 5.74) is -1.78. The molecule has 1 N–H and O–H groups in total. The number of hydrogen-bond donors (Lipinski definition) is 1. The molecule has 0 radical (unpaired) electrons. The van der Waals surface area contributed by atoms with Gasteiger partial charge in [-0.05, 0) is 12.1 Å². The molecule has 5 rings (SSSR count). The molecule has 0 saturated carbocycles. The maximum atomic E-state index is 14.9. The molecule has 0 aliphatic heterocycles. The number of aromatic nitrogens is 8. The van der Waals surface area contributed by atoms with E-state index in [4.69, 9.17) is 11.6 Å². The lowest BCUT2D eigenvalue weighted by Gasteiger charge is -2.16. The monoisotopic (exact) mass is 531 g/mol. The average molecular weight is 532 g/mol. The Hall–Kier alpha value is -4.46. The summed E-state index contributed by atoms with van der Waals surface area (Å²) in [6.45, 7) is -0.832. The fourth-order valence-corrected chi connectivity index (χ4v) is 3.93. The van der Waals surface area contributed by atoms with Gasteiger partial charge in [0.15, 0.2) is 5.82 Å². The Morgan fingerprint density at radius 2 is 1.70 bits per heavy atom. The molecule has 3 heterocycles. The first kappa shape index (κ1) is 24.2. The topological polar surface area (TPSA) is 117 Å². The van der Waals surface area contributed by atoms with Gasteiger partial charge in [0.2, 0.25) is 5.95 Å². The molecule has 0 unspecified atom stereocenters. The van der Waals surface area contributed by atoms with Gasteiger partial charge in [0.05, 0.1) is 29.3 Å². The standard InChI is InChI=1S/C22H17ClF3N9O2/c1-32-7-12-4-18(16(26)6-17(12)30-32)28-20-29-21(36)35(9-19-27-10-33(2)31-19)22(37)34(20)8-11-3-13(23)15(25)5-14(11)24/h3-7,10H,8-9H2,1-2H3,(H,28,29,36). The molecular weight excluding hydrogens is 515 g/mol. The van der Waals surface area contributed by atoms with Crippen LogP contribution in [0.3, 0.4) is 0 Å². The van der Waals surface area contributed by atoms with Gasteiger partial charge in [0.1, 0.15) is 23.8 Å². The van der Waals surface area contributed by atoms with Crippen molar-refractivity contribution >= 4 is 34.1 Å². The largest absolute Gasteiger partial charge is 0.355 e. The van der Waals surface area contributed by atoms with E-state index < -0.39 is 35.4 Å². The van der Waals surface area contributed by atoms with Crippen LogP contribution in [-0.4, -0.2) is 38.7 Å². The highest BCUT2D eigenvalue weighted by Crippen LogP contribution is 2.25. The zero-order chi connectivity index (χ0) is 26.4. The second-order valence-corrected chi connectivity index (χ2v) is 8.59. The Morgan fingerprint density at radius 3 is 2.43 bits per heavy atom. The first-order valence-electron chi connectivity index (χ1n) is 10.7. The summed E-state index contributed by atoms with van der Waals surface area (Å²) in [5.74, 6) is -2.91. The molecule has 0 aliphatic carbocycles. The minimum Gasteiger partial charge on any atom is -0.323 e. The van der Waals surface area contributed by atoms with Crippen LogP contribution in [0.4, 0.5) is 24.8 Å². The van der Waals surface area contributed by atoms with Crippen LogP contribution in [0.25, 0.3) is 10.9 Å². The number of nitrogens with one attached hydrogen (secondary N) is 1. The van der Waals surface area contributed by atoms with Gasteiger partial charge in [-0.3, -0.25) is 13.9 Å². The normalized spacial score (nSPS) is 11.4. The fraction of sp³-hybridized carbons (Fsp3) is 0.182. The SMILES string of the molecule is Cn1cnc(Cn2c(=O)nc(Nc3cc4cn(C)nc4cc3F)n(Cc3cc(Cl)c(F)cc3F)c2=O)n1. The predicted octanol–water partition coefficient (Wildman–Crippen LogP) is 2.33. The molecular formula is C22H17ClF3N9O2. The number of nitrogens with zero attached hydrogens (tertiary/aromatic N) is 8. The molecule has 0 amide bonds. The molecule has 0 bridgehead atoms. The summed E-state index contributed by atoms with van der Waals surface area (Å²) in [5, 5.41) is 11.0. The first-order chi connectivity index (χ1) is 17.6. The molecule has 0 saturated heterocycles. The number of hydrogen-bond acceptors (Lipinski definition) is 7. The Kier molecular flexibility index (Phi) is 6.03. The van der Waals surface area contributed by atoms with Gasteiger partial charge < -0.3 is 5.32 Å². The number of benzene rings is 2. The second-order valence-electron chi connectivity index (χ2n) is 8.18. The number of aryl methyl sites for hydroxylation is 2. The highest BCUT2D eigenvalue weighted by atomic mass is 35.5. The van der Waals surface area contributed by atoms with E-state index in [-0.39, 0.29) is 34.6 Å². The lowest BCUT2D eigenvalue weighted by molar-refractivity contribution is 0.543. The third kappa shape index (κ3) is 4.70. The molecule has 15 heteroatoms. The molecule has 0 fully saturated rings. The van der Waals surface area contributed by atoms with Crippen LogP contribution in [0.2, 0.25) is 5.02 Å². The van der Waals surface area contributed by atoms with E-state index in [0.29, 0.717) is 17.0 Å². The molecule has 37 heavy (non-hydrogen) atoms. The zero-order valence-electron chi connectivity index (χ0n) is 19.3. The number of rotatable bonds is 6. The van der Waals surface area contributed by atoms with Crippen molar-refractivity contribution in [3.8, 4) is 0 Å². The maximum Gasteiger partial charge on any atom is 0.355 e. The molecule has 0 spiro atoms. The van der Waals surface area contributed by atoms with Crippen LogP contribution >= 0.6 is 11.6 Å². The molecule has 3 aromatic heterocycles. The van der Waals surface area contributed by atoms with Gasteiger partial charge in [-0.25, -0.2) is 32.3 Å². The van der Waals surface area contributed by atoms with Crippen LogP contribution in [0.15, 0.2) is 46.4 Å². The van der Waals surface area contributed by atoms with Gasteiger partial charge in [-0.15, -0.1) is 0 Å². The molecule has 5 aromatic rings. The third-order valence-corrected chi connectivity index (χ3v) is 5.76. The Bertz CT molecular complexity index is 1790. The Morgan fingerprint density at radius 1 is 0.919 bits per heavy atom. The van der Waals surface area contributed by atoms with Crippen LogP contribution in [0, 0.1) is 17.5 Å². The van der Waals surface area contributed by atoms with E-state index in [9.17, 15) is 22.8 Å². The molecule has 190 valence electrons. The first-order valence-corrected chi connectivity index (χ1v) is 11.1. The predicted molar refractivity (Wildman–Crippen MR) is 127 cm³/mol. The van der Waals surface area contributed by atoms with Crippen LogP contribution < -0.4 is 16.7 Å². The fourth-order valence-electron chi connectivity index (χ4n) is 3.74. The average Bonchev–Trinajstić information content (AvgIpc) is 3.40. The number of anilines is 2. The van der Waals surface area contributed by atoms with E-state index in [2.05, 4.69) is 25.5 Å². The lowest BCUT2D eigenvalue weighted by Crippen LogP contribution is -2.43. The summed E-state index contributed by atoms with van der Waals surface area (Å²) in [6, 6.07) is 4.19. The van der Waals surface area contributed by atoms with Crippen molar-refractivity contribution in [3.63, 3.8) is 0 Å². The summed E-state index contributed by atoms with van der Waals surface area (Å²) in [6.07, 6.45) is 3.03. The minimum atomic E-state index is -0.982. The molecule has 0 aliphatic rings. The molecule has 11 nitrogen and oxygen atoms in total. The zero-order valence-corrected chi connectivity index (χ0v) is 20.0.